The van der Waals surface area contributed by atoms with Crippen LogP contribution in [0.15, 0.2) is 23.6 Å². The lowest BCUT2D eigenvalue weighted by atomic mass is 10.2. The number of thiazole rings is 2. The average Bonchev–Trinajstić information content (AvgIpc) is 2.97. The average molecular weight is 289 g/mol. The van der Waals surface area contributed by atoms with Crippen LogP contribution in [0.4, 0.5) is 5.13 Å². The van der Waals surface area contributed by atoms with Gasteiger partial charge in [0.25, 0.3) is 0 Å². The summed E-state index contributed by atoms with van der Waals surface area (Å²) >= 11 is 3.44. The fourth-order valence-electron chi connectivity index (χ4n) is 1.96. The number of benzene rings is 1. The maximum atomic E-state index is 4.64. The zero-order chi connectivity index (χ0) is 13.2. The molecule has 0 aliphatic heterocycles. The number of nitrogens with one attached hydrogen (secondary N) is 1. The van der Waals surface area contributed by atoms with Crippen molar-refractivity contribution in [2.45, 2.75) is 20.3 Å². The van der Waals surface area contributed by atoms with Gasteiger partial charge in [-0.25, -0.2) is 9.97 Å². The fraction of sp³-hybridized carbons (Fsp3) is 0.286. The first-order valence-electron chi connectivity index (χ1n) is 6.23. The second-order valence-corrected chi connectivity index (χ2v) is 6.47. The molecule has 0 saturated carbocycles. The number of para-hydroxylation sites is 1. The fourth-order valence-corrected chi connectivity index (χ4v) is 3.70. The zero-order valence-corrected chi connectivity index (χ0v) is 12.6. The molecule has 0 bridgehead atoms. The Labute approximate surface area is 120 Å². The summed E-state index contributed by atoms with van der Waals surface area (Å²) in [4.78, 5) is 9.10. The molecule has 0 atom stereocenters. The maximum absolute atomic E-state index is 4.64. The van der Waals surface area contributed by atoms with Crippen LogP contribution in [0.5, 0.6) is 0 Å². The minimum absolute atomic E-state index is 0.881. The van der Waals surface area contributed by atoms with Gasteiger partial charge >= 0.3 is 0 Å². The monoisotopic (exact) mass is 289 g/mol. The van der Waals surface area contributed by atoms with Gasteiger partial charge in [-0.2, -0.15) is 0 Å². The Hall–Kier alpha value is -1.46. The summed E-state index contributed by atoms with van der Waals surface area (Å²) in [7, 11) is 0. The Morgan fingerprint density at radius 3 is 2.84 bits per heavy atom. The second-order valence-electron chi connectivity index (χ2n) is 4.50. The third-order valence-electron chi connectivity index (χ3n) is 2.90. The minimum atomic E-state index is 0.881. The molecule has 3 aromatic rings. The van der Waals surface area contributed by atoms with Crippen LogP contribution in [0.25, 0.3) is 10.2 Å². The SMILES string of the molecule is Cc1csc(CCNc2nc3c(C)cccc3s2)n1. The summed E-state index contributed by atoms with van der Waals surface area (Å²) in [6.07, 6.45) is 0.952. The van der Waals surface area contributed by atoms with Crippen LogP contribution < -0.4 is 5.32 Å². The number of aryl methyl sites for hydroxylation is 2. The molecule has 1 N–H and O–H groups in total. The molecule has 5 heteroatoms. The van der Waals surface area contributed by atoms with E-state index < -0.39 is 0 Å². The molecule has 0 amide bonds. The van der Waals surface area contributed by atoms with E-state index in [9.17, 15) is 0 Å². The van der Waals surface area contributed by atoms with Crippen LogP contribution in [0.2, 0.25) is 0 Å². The van der Waals surface area contributed by atoms with Crippen molar-refractivity contribution in [3.05, 3.63) is 39.8 Å². The predicted molar refractivity (Wildman–Crippen MR) is 83.4 cm³/mol. The third-order valence-corrected chi connectivity index (χ3v) is 4.91. The van der Waals surface area contributed by atoms with E-state index in [0.717, 1.165) is 29.3 Å². The molecular formula is C14H15N3S2. The van der Waals surface area contributed by atoms with Crippen LogP contribution in [-0.2, 0) is 6.42 Å². The van der Waals surface area contributed by atoms with Gasteiger partial charge in [-0.15, -0.1) is 11.3 Å². The van der Waals surface area contributed by atoms with Crippen LogP contribution >= 0.6 is 22.7 Å². The van der Waals surface area contributed by atoms with Crippen LogP contribution in [0, 0.1) is 13.8 Å². The van der Waals surface area contributed by atoms with Gasteiger partial charge in [-0.05, 0) is 25.5 Å². The van der Waals surface area contributed by atoms with Crippen molar-refractivity contribution in [2.24, 2.45) is 0 Å². The standard InChI is InChI=1S/C14H15N3S2/c1-9-4-3-5-11-13(9)17-14(19-11)15-7-6-12-16-10(2)8-18-12/h3-5,8H,6-7H2,1-2H3,(H,15,17). The zero-order valence-electron chi connectivity index (χ0n) is 10.9. The molecule has 0 spiro atoms. The van der Waals surface area contributed by atoms with E-state index in [1.807, 2.05) is 6.92 Å². The van der Waals surface area contributed by atoms with E-state index in [2.05, 4.69) is 45.8 Å². The number of rotatable bonds is 4. The number of hydrogen-bond donors (Lipinski definition) is 1. The van der Waals surface area contributed by atoms with E-state index >= 15 is 0 Å². The summed E-state index contributed by atoms with van der Waals surface area (Å²) in [5.74, 6) is 0. The van der Waals surface area contributed by atoms with Crippen molar-refractivity contribution in [3.63, 3.8) is 0 Å². The highest BCUT2D eigenvalue weighted by molar-refractivity contribution is 7.22. The predicted octanol–water partition coefficient (Wildman–Crippen LogP) is 4.02. The van der Waals surface area contributed by atoms with Gasteiger partial charge < -0.3 is 5.32 Å². The number of anilines is 1. The molecule has 0 unspecified atom stereocenters. The third kappa shape index (κ3) is 2.77. The summed E-state index contributed by atoms with van der Waals surface area (Å²) in [5, 5.41) is 7.67. The highest BCUT2D eigenvalue weighted by Gasteiger charge is 2.05. The molecule has 2 heterocycles. The molecule has 0 aliphatic rings. The topological polar surface area (TPSA) is 37.8 Å². The van der Waals surface area contributed by atoms with Gasteiger partial charge in [0.05, 0.1) is 15.2 Å². The van der Waals surface area contributed by atoms with Crippen LogP contribution in [-0.4, -0.2) is 16.5 Å². The summed E-state index contributed by atoms with van der Waals surface area (Å²) < 4.78 is 1.24. The first-order chi connectivity index (χ1) is 9.22. The molecule has 2 aromatic heterocycles. The first-order valence-corrected chi connectivity index (χ1v) is 7.93. The van der Waals surface area contributed by atoms with E-state index in [1.54, 1.807) is 22.7 Å². The van der Waals surface area contributed by atoms with Gasteiger partial charge in [0.2, 0.25) is 0 Å². The largest absolute Gasteiger partial charge is 0.361 e. The molecule has 3 rings (SSSR count). The highest BCUT2D eigenvalue weighted by Crippen LogP contribution is 2.27. The van der Waals surface area contributed by atoms with Crippen molar-refractivity contribution < 1.29 is 0 Å². The van der Waals surface area contributed by atoms with Crippen molar-refractivity contribution in [2.75, 3.05) is 11.9 Å². The number of nitrogens with zero attached hydrogens (tertiary/aromatic N) is 2. The molecule has 0 aliphatic carbocycles. The quantitative estimate of drug-likeness (QED) is 0.788. The Kier molecular flexibility index (Phi) is 3.48. The molecule has 19 heavy (non-hydrogen) atoms. The van der Waals surface area contributed by atoms with Gasteiger partial charge in [0, 0.05) is 24.0 Å². The van der Waals surface area contributed by atoms with Crippen LogP contribution in [0.3, 0.4) is 0 Å². The normalized spacial score (nSPS) is 11.1. The van der Waals surface area contributed by atoms with Gasteiger partial charge in [-0.1, -0.05) is 23.5 Å². The highest BCUT2D eigenvalue weighted by atomic mass is 32.1. The molecule has 3 nitrogen and oxygen atoms in total. The van der Waals surface area contributed by atoms with Crippen molar-refractivity contribution >= 4 is 38.0 Å². The van der Waals surface area contributed by atoms with Crippen molar-refractivity contribution in [1.82, 2.24) is 9.97 Å². The van der Waals surface area contributed by atoms with Gasteiger partial charge in [0.1, 0.15) is 0 Å². The Balaban J connectivity index is 1.67. The van der Waals surface area contributed by atoms with E-state index in [-0.39, 0.29) is 0 Å². The Morgan fingerprint density at radius 2 is 2.11 bits per heavy atom. The molecule has 0 fully saturated rings. The molecular weight excluding hydrogens is 274 g/mol. The minimum Gasteiger partial charge on any atom is -0.361 e. The van der Waals surface area contributed by atoms with Gasteiger partial charge in [-0.3, -0.25) is 0 Å². The van der Waals surface area contributed by atoms with Crippen molar-refractivity contribution in [3.8, 4) is 0 Å². The molecule has 98 valence electrons. The van der Waals surface area contributed by atoms with Crippen molar-refractivity contribution in [1.29, 1.82) is 0 Å². The van der Waals surface area contributed by atoms with Crippen LogP contribution in [0.1, 0.15) is 16.3 Å². The lowest BCUT2D eigenvalue weighted by Gasteiger charge is -1.99. The maximum Gasteiger partial charge on any atom is 0.183 e. The Bertz CT molecular complexity index is 700. The van der Waals surface area contributed by atoms with E-state index in [4.69, 9.17) is 0 Å². The molecule has 0 saturated heterocycles. The summed E-state index contributed by atoms with van der Waals surface area (Å²) in [5.41, 5.74) is 3.45. The molecule has 0 radical (unpaired) electrons. The first kappa shape index (κ1) is 12.6. The van der Waals surface area contributed by atoms with Gasteiger partial charge in [0.15, 0.2) is 5.13 Å². The lowest BCUT2D eigenvalue weighted by molar-refractivity contribution is 0.985. The Morgan fingerprint density at radius 1 is 1.21 bits per heavy atom. The number of hydrogen-bond acceptors (Lipinski definition) is 5. The van der Waals surface area contributed by atoms with E-state index in [0.29, 0.717) is 0 Å². The second kappa shape index (κ2) is 5.27. The lowest BCUT2D eigenvalue weighted by Crippen LogP contribution is -2.04. The smallest absolute Gasteiger partial charge is 0.183 e. The number of fused-ring (bicyclic) bond motifs is 1. The van der Waals surface area contributed by atoms with E-state index in [1.165, 1.54) is 15.3 Å². The summed E-state index contributed by atoms with van der Waals surface area (Å²) in [6, 6.07) is 6.30. The molecule has 1 aromatic carbocycles. The number of aromatic nitrogens is 2. The summed E-state index contributed by atoms with van der Waals surface area (Å²) in [6.45, 7) is 5.01.